The summed E-state index contributed by atoms with van der Waals surface area (Å²) >= 11 is 0. The second-order valence-corrected chi connectivity index (χ2v) is 5.30. The Hall–Kier alpha value is -0.0800. The molecule has 15 heavy (non-hydrogen) atoms. The molecule has 1 fully saturated rings. The van der Waals surface area contributed by atoms with Gasteiger partial charge in [-0.3, -0.25) is 0 Å². The SMILES string of the molecule is CCC(N)C(C)OC1CCC(C)C(C)C1. The van der Waals surface area contributed by atoms with Gasteiger partial charge in [0, 0.05) is 6.04 Å². The quantitative estimate of drug-likeness (QED) is 0.779. The molecule has 5 unspecified atom stereocenters. The fourth-order valence-corrected chi connectivity index (χ4v) is 2.36. The van der Waals surface area contributed by atoms with Crippen LogP contribution in [-0.4, -0.2) is 18.2 Å². The Labute approximate surface area is 94.6 Å². The Balaban J connectivity index is 2.33. The van der Waals surface area contributed by atoms with Crippen LogP contribution >= 0.6 is 0 Å². The van der Waals surface area contributed by atoms with Gasteiger partial charge in [0.2, 0.25) is 0 Å². The highest BCUT2D eigenvalue weighted by Crippen LogP contribution is 2.31. The zero-order valence-electron chi connectivity index (χ0n) is 10.7. The highest BCUT2D eigenvalue weighted by molar-refractivity contribution is 4.78. The lowest BCUT2D eigenvalue weighted by atomic mass is 9.80. The Morgan fingerprint density at radius 1 is 1.27 bits per heavy atom. The number of hydrogen-bond acceptors (Lipinski definition) is 2. The minimum atomic E-state index is 0.194. The van der Waals surface area contributed by atoms with E-state index in [-0.39, 0.29) is 12.1 Å². The molecule has 2 N–H and O–H groups in total. The lowest BCUT2D eigenvalue weighted by molar-refractivity contribution is -0.0491. The molecule has 1 aliphatic rings. The van der Waals surface area contributed by atoms with E-state index in [4.69, 9.17) is 10.5 Å². The molecule has 0 aromatic carbocycles. The van der Waals surface area contributed by atoms with Crippen molar-refractivity contribution in [2.75, 3.05) is 0 Å². The van der Waals surface area contributed by atoms with Gasteiger partial charge in [-0.25, -0.2) is 0 Å². The summed E-state index contributed by atoms with van der Waals surface area (Å²) in [6.07, 6.45) is 5.39. The molecule has 0 saturated heterocycles. The minimum Gasteiger partial charge on any atom is -0.374 e. The first-order valence-corrected chi connectivity index (χ1v) is 6.45. The zero-order chi connectivity index (χ0) is 11.4. The Bertz CT molecular complexity index is 183. The first-order chi connectivity index (χ1) is 7.04. The van der Waals surface area contributed by atoms with Crippen LogP contribution in [0.3, 0.4) is 0 Å². The van der Waals surface area contributed by atoms with Crippen molar-refractivity contribution in [3.05, 3.63) is 0 Å². The van der Waals surface area contributed by atoms with Gasteiger partial charge in [0.1, 0.15) is 0 Å². The van der Waals surface area contributed by atoms with E-state index in [1.807, 2.05) is 0 Å². The number of rotatable bonds is 4. The minimum absolute atomic E-state index is 0.194. The van der Waals surface area contributed by atoms with Crippen molar-refractivity contribution in [2.24, 2.45) is 17.6 Å². The third-order valence-electron chi connectivity index (χ3n) is 4.03. The molecule has 0 amide bonds. The molecule has 5 atom stereocenters. The summed E-state index contributed by atoms with van der Waals surface area (Å²) in [5.74, 6) is 1.66. The van der Waals surface area contributed by atoms with Gasteiger partial charge in [-0.2, -0.15) is 0 Å². The highest BCUT2D eigenvalue weighted by Gasteiger charge is 2.27. The smallest absolute Gasteiger partial charge is 0.0701 e. The normalized spacial score (nSPS) is 36.2. The van der Waals surface area contributed by atoms with E-state index >= 15 is 0 Å². The summed E-state index contributed by atoms with van der Waals surface area (Å²) in [5, 5.41) is 0. The molecule has 0 aromatic heterocycles. The van der Waals surface area contributed by atoms with Gasteiger partial charge in [0.05, 0.1) is 12.2 Å². The second kappa shape index (κ2) is 5.86. The monoisotopic (exact) mass is 213 g/mol. The first kappa shape index (κ1) is 13.0. The fraction of sp³-hybridized carbons (Fsp3) is 1.00. The summed E-state index contributed by atoms with van der Waals surface area (Å²) in [4.78, 5) is 0. The Kier molecular flexibility index (Phi) is 5.07. The van der Waals surface area contributed by atoms with Gasteiger partial charge in [-0.05, 0) is 44.4 Å². The second-order valence-electron chi connectivity index (χ2n) is 5.30. The maximum absolute atomic E-state index is 6.04. The summed E-state index contributed by atoms with van der Waals surface area (Å²) in [6, 6.07) is 0.194. The molecule has 2 heteroatoms. The molecule has 0 heterocycles. The largest absolute Gasteiger partial charge is 0.374 e. The standard InChI is InChI=1S/C13H27NO/c1-5-13(14)11(4)15-12-7-6-9(2)10(3)8-12/h9-13H,5-8,14H2,1-4H3. The Morgan fingerprint density at radius 2 is 1.93 bits per heavy atom. The van der Waals surface area contributed by atoms with E-state index in [0.29, 0.717) is 6.10 Å². The molecule has 90 valence electrons. The number of nitrogens with two attached hydrogens (primary N) is 1. The summed E-state index contributed by atoms with van der Waals surface area (Å²) in [5.41, 5.74) is 5.97. The van der Waals surface area contributed by atoms with E-state index in [9.17, 15) is 0 Å². The number of hydrogen-bond donors (Lipinski definition) is 1. The summed E-state index contributed by atoms with van der Waals surface area (Å²) in [7, 11) is 0. The van der Waals surface area contributed by atoms with Crippen LogP contribution in [0.5, 0.6) is 0 Å². The predicted octanol–water partition coefficient (Wildman–Crippen LogP) is 2.95. The van der Waals surface area contributed by atoms with Gasteiger partial charge in [-0.1, -0.05) is 20.8 Å². The van der Waals surface area contributed by atoms with Gasteiger partial charge < -0.3 is 10.5 Å². The van der Waals surface area contributed by atoms with Crippen LogP contribution < -0.4 is 5.73 Å². The maximum atomic E-state index is 6.04. The van der Waals surface area contributed by atoms with Crippen molar-refractivity contribution in [3.8, 4) is 0 Å². The van der Waals surface area contributed by atoms with Crippen molar-refractivity contribution in [2.45, 2.75) is 71.6 Å². The van der Waals surface area contributed by atoms with E-state index in [2.05, 4.69) is 27.7 Å². The van der Waals surface area contributed by atoms with Crippen molar-refractivity contribution in [3.63, 3.8) is 0 Å². The molecular weight excluding hydrogens is 186 g/mol. The zero-order valence-corrected chi connectivity index (χ0v) is 10.7. The van der Waals surface area contributed by atoms with Crippen molar-refractivity contribution in [1.29, 1.82) is 0 Å². The van der Waals surface area contributed by atoms with Crippen LogP contribution in [0.25, 0.3) is 0 Å². The molecule has 0 bridgehead atoms. The van der Waals surface area contributed by atoms with Crippen LogP contribution in [0, 0.1) is 11.8 Å². The van der Waals surface area contributed by atoms with E-state index in [1.54, 1.807) is 0 Å². The lowest BCUT2D eigenvalue weighted by Crippen LogP contribution is -2.38. The molecule has 0 aliphatic heterocycles. The molecule has 1 aliphatic carbocycles. The Morgan fingerprint density at radius 3 is 2.47 bits per heavy atom. The van der Waals surface area contributed by atoms with Crippen molar-refractivity contribution >= 4 is 0 Å². The van der Waals surface area contributed by atoms with Crippen LogP contribution in [0.2, 0.25) is 0 Å². The highest BCUT2D eigenvalue weighted by atomic mass is 16.5. The topological polar surface area (TPSA) is 35.2 Å². The van der Waals surface area contributed by atoms with E-state index in [1.165, 1.54) is 19.3 Å². The van der Waals surface area contributed by atoms with Crippen LogP contribution in [0.1, 0.15) is 53.4 Å². The van der Waals surface area contributed by atoms with Gasteiger partial charge in [0.25, 0.3) is 0 Å². The average Bonchev–Trinajstić information content (AvgIpc) is 2.22. The molecule has 0 aromatic rings. The summed E-state index contributed by atoms with van der Waals surface area (Å²) < 4.78 is 6.04. The lowest BCUT2D eigenvalue weighted by Gasteiger charge is -2.34. The third kappa shape index (κ3) is 3.76. The molecule has 1 saturated carbocycles. The van der Waals surface area contributed by atoms with Gasteiger partial charge >= 0.3 is 0 Å². The van der Waals surface area contributed by atoms with Crippen molar-refractivity contribution in [1.82, 2.24) is 0 Å². The molecule has 1 rings (SSSR count). The fourth-order valence-electron chi connectivity index (χ4n) is 2.36. The van der Waals surface area contributed by atoms with Gasteiger partial charge in [0.15, 0.2) is 0 Å². The molecule has 0 spiro atoms. The van der Waals surface area contributed by atoms with Crippen LogP contribution in [0.4, 0.5) is 0 Å². The molecule has 2 nitrogen and oxygen atoms in total. The van der Waals surface area contributed by atoms with Crippen LogP contribution in [0.15, 0.2) is 0 Å². The van der Waals surface area contributed by atoms with Gasteiger partial charge in [-0.15, -0.1) is 0 Å². The molecule has 0 radical (unpaired) electrons. The summed E-state index contributed by atoms with van der Waals surface area (Å²) in [6.45, 7) is 8.92. The van der Waals surface area contributed by atoms with Crippen LogP contribution in [-0.2, 0) is 4.74 Å². The maximum Gasteiger partial charge on any atom is 0.0701 e. The van der Waals surface area contributed by atoms with E-state index < -0.39 is 0 Å². The predicted molar refractivity (Wildman–Crippen MR) is 64.8 cm³/mol. The van der Waals surface area contributed by atoms with Crippen molar-refractivity contribution < 1.29 is 4.74 Å². The third-order valence-corrected chi connectivity index (χ3v) is 4.03. The number of ether oxygens (including phenoxy) is 1. The average molecular weight is 213 g/mol. The first-order valence-electron chi connectivity index (χ1n) is 6.45. The molecular formula is C13H27NO. The van der Waals surface area contributed by atoms with E-state index in [0.717, 1.165) is 18.3 Å².